The first-order chi connectivity index (χ1) is 7.09. The molecule has 0 N–H and O–H groups in total. The second-order valence-corrected chi connectivity index (χ2v) is 3.83. The van der Waals surface area contributed by atoms with Crippen LogP contribution >= 0.6 is 11.3 Å². The summed E-state index contributed by atoms with van der Waals surface area (Å²) in [5, 5.41) is 1.34. The van der Waals surface area contributed by atoms with Gasteiger partial charge in [0.25, 0.3) is 0 Å². The van der Waals surface area contributed by atoms with E-state index in [1.807, 2.05) is 0 Å². The Morgan fingerprint density at radius 2 is 1.73 bits per heavy atom. The highest BCUT2D eigenvalue weighted by molar-refractivity contribution is 7.10. The number of halogens is 3. The second kappa shape index (κ2) is 3.70. The Bertz CT molecular complexity index is 442. The van der Waals surface area contributed by atoms with Crippen molar-refractivity contribution in [2.24, 2.45) is 0 Å². The maximum Gasteiger partial charge on any atom is 0.426 e. The quantitative estimate of drug-likeness (QED) is 0.683. The molecule has 0 bridgehead atoms. The second-order valence-electron chi connectivity index (χ2n) is 2.95. The Hall–Kier alpha value is -1.29. The van der Waals surface area contributed by atoms with Gasteiger partial charge in [-0.05, 0) is 10.9 Å². The zero-order valence-electron chi connectivity index (χ0n) is 7.51. The van der Waals surface area contributed by atoms with E-state index in [4.69, 9.17) is 0 Å². The van der Waals surface area contributed by atoms with E-state index in [0.29, 0.717) is 16.9 Å². The number of rotatable bonds is 1. The molecule has 1 heterocycles. The first-order valence-corrected chi connectivity index (χ1v) is 5.09. The van der Waals surface area contributed by atoms with Crippen molar-refractivity contribution in [2.45, 2.75) is 6.18 Å². The molecular weight excluding hydrogens is 221 g/mol. The maximum absolute atomic E-state index is 12.6. The van der Waals surface area contributed by atoms with Crippen molar-refractivity contribution in [1.29, 1.82) is 0 Å². The molecule has 15 heavy (non-hydrogen) atoms. The van der Waals surface area contributed by atoms with Crippen molar-refractivity contribution in [3.05, 3.63) is 46.7 Å². The number of benzene rings is 1. The third-order valence-electron chi connectivity index (χ3n) is 1.93. The molecule has 77 valence electrons. The molecule has 0 saturated heterocycles. The van der Waals surface area contributed by atoms with Crippen molar-refractivity contribution in [3.63, 3.8) is 0 Å². The number of alkyl halides is 3. The highest BCUT2D eigenvalue weighted by Crippen LogP contribution is 2.40. The highest BCUT2D eigenvalue weighted by Gasteiger charge is 2.35. The fraction of sp³-hybridized carbons (Fsp3) is 0.0909. The van der Waals surface area contributed by atoms with E-state index in [1.165, 1.54) is 5.38 Å². The van der Waals surface area contributed by atoms with Gasteiger partial charge < -0.3 is 0 Å². The smallest absolute Gasteiger partial charge is 0.165 e. The summed E-state index contributed by atoms with van der Waals surface area (Å²) in [6, 6.07) is 11.1. The minimum atomic E-state index is -4.30. The molecule has 0 fully saturated rings. The molecule has 0 aliphatic heterocycles. The van der Waals surface area contributed by atoms with E-state index >= 15 is 0 Å². The standard InChI is InChI=1S/C11H6F3S/c12-11(13,14)10-9(6-7-15-10)8-4-2-1-3-5-8/h1-5,7H. The van der Waals surface area contributed by atoms with Crippen LogP contribution < -0.4 is 0 Å². The lowest BCUT2D eigenvalue weighted by Crippen LogP contribution is -2.03. The molecule has 0 saturated carbocycles. The first-order valence-electron chi connectivity index (χ1n) is 4.21. The lowest BCUT2D eigenvalue weighted by Gasteiger charge is -2.06. The Labute approximate surface area is 89.0 Å². The molecule has 0 amide bonds. The summed E-state index contributed by atoms with van der Waals surface area (Å²) in [5.74, 6) is 0. The van der Waals surface area contributed by atoms with Crippen molar-refractivity contribution < 1.29 is 13.2 Å². The monoisotopic (exact) mass is 227 g/mol. The normalized spacial score (nSPS) is 11.7. The molecule has 0 unspecified atom stereocenters. The average molecular weight is 227 g/mol. The summed E-state index contributed by atoms with van der Waals surface area (Å²) in [6.45, 7) is 0. The number of hydrogen-bond acceptors (Lipinski definition) is 1. The predicted octanol–water partition coefficient (Wildman–Crippen LogP) is 4.23. The first kappa shape index (κ1) is 10.2. The third kappa shape index (κ3) is 2.04. The van der Waals surface area contributed by atoms with Crippen LogP contribution in [0.3, 0.4) is 0 Å². The summed E-state index contributed by atoms with van der Waals surface area (Å²) >= 11 is 0.671. The van der Waals surface area contributed by atoms with Crippen molar-refractivity contribution >= 4 is 11.3 Å². The molecule has 1 aromatic carbocycles. The lowest BCUT2D eigenvalue weighted by atomic mass is 10.1. The van der Waals surface area contributed by atoms with E-state index in [1.54, 1.807) is 30.3 Å². The van der Waals surface area contributed by atoms with Crippen LogP contribution in [0.25, 0.3) is 11.1 Å². The predicted molar refractivity (Wildman–Crippen MR) is 53.6 cm³/mol. The van der Waals surface area contributed by atoms with E-state index in [0.717, 1.165) is 0 Å². The third-order valence-corrected chi connectivity index (χ3v) is 2.83. The summed E-state index contributed by atoms with van der Waals surface area (Å²) in [7, 11) is 0. The molecule has 2 aromatic rings. The van der Waals surface area contributed by atoms with Gasteiger partial charge in [-0.3, -0.25) is 0 Å². The van der Waals surface area contributed by atoms with Gasteiger partial charge >= 0.3 is 6.18 Å². The van der Waals surface area contributed by atoms with Crippen molar-refractivity contribution in [2.75, 3.05) is 0 Å². The average Bonchev–Trinajstić information content (AvgIpc) is 2.67. The molecule has 4 heteroatoms. The van der Waals surface area contributed by atoms with Crippen molar-refractivity contribution in [3.8, 4) is 11.1 Å². The van der Waals surface area contributed by atoms with Gasteiger partial charge in [0.15, 0.2) is 0 Å². The summed E-state index contributed by atoms with van der Waals surface area (Å²) in [6.07, 6.45) is -4.30. The Morgan fingerprint density at radius 3 is 2.33 bits per heavy atom. The van der Waals surface area contributed by atoms with Crippen molar-refractivity contribution in [1.82, 2.24) is 0 Å². The van der Waals surface area contributed by atoms with E-state index in [2.05, 4.69) is 6.07 Å². The molecule has 0 aliphatic rings. The lowest BCUT2D eigenvalue weighted by molar-refractivity contribution is -0.133. The Kier molecular flexibility index (Phi) is 2.52. The van der Waals surface area contributed by atoms with Gasteiger partial charge in [-0.2, -0.15) is 13.2 Å². The van der Waals surface area contributed by atoms with Crippen LogP contribution in [0.2, 0.25) is 0 Å². The van der Waals surface area contributed by atoms with Gasteiger partial charge in [-0.25, -0.2) is 0 Å². The van der Waals surface area contributed by atoms with Crippen LogP contribution in [0.1, 0.15) is 4.88 Å². The van der Waals surface area contributed by atoms with Gasteiger partial charge in [0, 0.05) is 11.6 Å². The Morgan fingerprint density at radius 1 is 1.07 bits per heavy atom. The fourth-order valence-corrected chi connectivity index (χ4v) is 2.02. The van der Waals surface area contributed by atoms with Gasteiger partial charge in [0.1, 0.15) is 4.88 Å². The van der Waals surface area contributed by atoms with Gasteiger partial charge in [-0.1, -0.05) is 30.3 Å². The van der Waals surface area contributed by atoms with Crippen LogP contribution in [0.5, 0.6) is 0 Å². The highest BCUT2D eigenvalue weighted by atomic mass is 32.1. The maximum atomic E-state index is 12.6. The van der Waals surface area contributed by atoms with Gasteiger partial charge in [0.05, 0.1) is 0 Å². The van der Waals surface area contributed by atoms with E-state index < -0.39 is 11.1 Å². The zero-order chi connectivity index (χ0) is 10.9. The van der Waals surface area contributed by atoms with Gasteiger partial charge in [0.2, 0.25) is 0 Å². The van der Waals surface area contributed by atoms with Crippen LogP contribution in [0, 0.1) is 6.07 Å². The number of hydrogen-bond donors (Lipinski definition) is 0. The summed E-state index contributed by atoms with van der Waals surface area (Å²) in [4.78, 5) is -0.589. The molecule has 1 radical (unpaired) electrons. The molecule has 1 aromatic heterocycles. The molecule has 0 aliphatic carbocycles. The summed E-state index contributed by atoms with van der Waals surface area (Å²) in [5.41, 5.74) is 0.680. The minimum absolute atomic E-state index is 0.133. The molecule has 0 spiro atoms. The largest absolute Gasteiger partial charge is 0.426 e. The molecule has 0 nitrogen and oxygen atoms in total. The minimum Gasteiger partial charge on any atom is -0.165 e. The topological polar surface area (TPSA) is 0 Å². The van der Waals surface area contributed by atoms with Crippen LogP contribution in [0.15, 0.2) is 35.7 Å². The fourth-order valence-electron chi connectivity index (χ4n) is 1.30. The molecule has 2 rings (SSSR count). The van der Waals surface area contributed by atoms with Crippen LogP contribution in [-0.2, 0) is 6.18 Å². The number of thiophene rings is 1. The van der Waals surface area contributed by atoms with Gasteiger partial charge in [-0.15, -0.1) is 11.3 Å². The van der Waals surface area contributed by atoms with Crippen LogP contribution in [0.4, 0.5) is 13.2 Å². The van der Waals surface area contributed by atoms with E-state index in [9.17, 15) is 13.2 Å². The zero-order valence-corrected chi connectivity index (χ0v) is 8.32. The van der Waals surface area contributed by atoms with Crippen LogP contribution in [-0.4, -0.2) is 0 Å². The van der Waals surface area contributed by atoms with E-state index in [-0.39, 0.29) is 5.56 Å². The molecular formula is C11H6F3S. The summed E-state index contributed by atoms with van der Waals surface area (Å²) < 4.78 is 37.7. The SMILES string of the molecule is FC(F)(F)c1sc[c]c1-c1ccccc1. The molecule has 0 atom stereocenters. The Balaban J connectivity index is 2.51.